The Balaban J connectivity index is 1.76. The number of benzene rings is 1. The van der Waals surface area contributed by atoms with Crippen molar-refractivity contribution in [3.63, 3.8) is 0 Å². The molecule has 5 rings (SSSR count). The van der Waals surface area contributed by atoms with Crippen molar-refractivity contribution in [3.05, 3.63) is 50.9 Å². The minimum absolute atomic E-state index is 0.123. The van der Waals surface area contributed by atoms with E-state index in [1.165, 1.54) is 12.1 Å². The molecule has 1 aromatic carbocycles. The van der Waals surface area contributed by atoms with Gasteiger partial charge in [0.15, 0.2) is 5.78 Å². The molecule has 0 fully saturated rings. The molecule has 4 N–H and O–H groups in total. The summed E-state index contributed by atoms with van der Waals surface area (Å²) in [5, 5.41) is 6.09. The molecule has 0 spiro atoms. The van der Waals surface area contributed by atoms with Crippen molar-refractivity contribution in [1.29, 1.82) is 0 Å². The molecule has 0 amide bonds. The van der Waals surface area contributed by atoms with Crippen molar-refractivity contribution in [2.45, 2.75) is 18.8 Å². The Hall–Kier alpha value is -2.61. The average Bonchev–Trinajstić information content (AvgIpc) is 3.25. The topological polar surface area (TPSA) is 91.0 Å². The number of carbonyl (C=O) groups is 1. The maximum absolute atomic E-state index is 12.5. The van der Waals surface area contributed by atoms with E-state index in [1.54, 1.807) is 11.7 Å². The molecule has 8 heteroatoms. The van der Waals surface area contributed by atoms with Gasteiger partial charge in [0.2, 0.25) is 0 Å². The molecule has 2 aromatic rings. The fourth-order valence-corrected chi connectivity index (χ4v) is 4.41. The van der Waals surface area contributed by atoms with Crippen LogP contribution in [0, 0.1) is 0 Å². The molecule has 0 bridgehead atoms. The van der Waals surface area contributed by atoms with Gasteiger partial charge in [0.05, 0.1) is 29.1 Å². The molecule has 0 radical (unpaired) electrons. The van der Waals surface area contributed by atoms with Gasteiger partial charge in [-0.05, 0) is 24.1 Å². The summed E-state index contributed by atoms with van der Waals surface area (Å²) >= 11 is 1.41. The fraction of sp³-hybridized carbons (Fsp3) is 0.250. The predicted molar refractivity (Wildman–Crippen MR) is 94.0 cm³/mol. The largest absolute Gasteiger partial charge is 0.343 e. The summed E-state index contributed by atoms with van der Waals surface area (Å²) in [5.74, 6) is 0.547. The highest BCUT2D eigenvalue weighted by atomic mass is 32.2. The van der Waals surface area contributed by atoms with E-state index in [1.807, 2.05) is 18.2 Å². The van der Waals surface area contributed by atoms with E-state index in [-0.39, 0.29) is 17.3 Å². The minimum atomic E-state index is -0.325. The van der Waals surface area contributed by atoms with E-state index in [0.29, 0.717) is 18.4 Å². The van der Waals surface area contributed by atoms with E-state index in [4.69, 9.17) is 0 Å². The van der Waals surface area contributed by atoms with Crippen LogP contribution < -0.4 is 20.3 Å². The highest BCUT2D eigenvalue weighted by Gasteiger charge is 2.40. The summed E-state index contributed by atoms with van der Waals surface area (Å²) in [6.45, 7) is 0. The Morgan fingerprint density at radius 3 is 2.88 bits per heavy atom. The first-order chi connectivity index (χ1) is 11.6. The molecule has 1 aliphatic carbocycles. The van der Waals surface area contributed by atoms with Crippen LogP contribution in [-0.4, -0.2) is 15.6 Å². The first-order valence-corrected chi connectivity index (χ1v) is 8.59. The number of aryl methyl sites for hydroxylation is 1. The number of hydrogen-bond donors (Lipinski definition) is 4. The number of rotatable bonds is 1. The molecule has 1 unspecified atom stereocenters. The molecule has 122 valence electrons. The number of allylic oxidation sites excluding steroid dienone is 2. The third-order valence-corrected chi connectivity index (χ3v) is 5.52. The maximum atomic E-state index is 12.5. The van der Waals surface area contributed by atoms with Gasteiger partial charge in [-0.25, -0.2) is 0 Å². The molecule has 24 heavy (non-hydrogen) atoms. The highest BCUT2D eigenvalue weighted by Crippen LogP contribution is 2.46. The van der Waals surface area contributed by atoms with Gasteiger partial charge in [0.25, 0.3) is 5.56 Å². The normalized spacial score (nSPS) is 20.9. The van der Waals surface area contributed by atoms with E-state index in [9.17, 15) is 9.59 Å². The van der Waals surface area contributed by atoms with Crippen LogP contribution in [-0.2, 0) is 11.8 Å². The van der Waals surface area contributed by atoms with Crippen LogP contribution in [0.15, 0.2) is 34.3 Å². The lowest BCUT2D eigenvalue weighted by Crippen LogP contribution is -2.23. The SMILES string of the molecule is Cn1[nH]c(=O)c2c1NC1=C(C(=O)CC1)C2c1ccc2c(c1)NSN2. The molecule has 7 nitrogen and oxygen atoms in total. The van der Waals surface area contributed by atoms with Gasteiger partial charge in [0.1, 0.15) is 5.82 Å². The summed E-state index contributed by atoms with van der Waals surface area (Å²) in [5.41, 5.74) is 5.06. The number of hydrogen-bond acceptors (Lipinski definition) is 6. The fourth-order valence-electron chi connectivity index (χ4n) is 3.79. The van der Waals surface area contributed by atoms with Crippen molar-refractivity contribution in [1.82, 2.24) is 9.78 Å². The smallest absolute Gasteiger partial charge is 0.270 e. The number of aromatic nitrogens is 2. The molecule has 1 atom stereocenters. The average molecular weight is 341 g/mol. The molecule has 1 aromatic heterocycles. The lowest BCUT2D eigenvalue weighted by Gasteiger charge is -2.26. The number of nitrogens with zero attached hydrogens (tertiary/aromatic N) is 1. The zero-order valence-corrected chi connectivity index (χ0v) is 13.7. The van der Waals surface area contributed by atoms with Crippen LogP contribution in [0.3, 0.4) is 0 Å². The zero-order chi connectivity index (χ0) is 16.4. The molecular formula is C16H15N5O2S. The predicted octanol–water partition coefficient (Wildman–Crippen LogP) is 2.29. The summed E-state index contributed by atoms with van der Waals surface area (Å²) in [6.07, 6.45) is 1.20. The number of carbonyl (C=O) groups excluding carboxylic acids is 1. The van der Waals surface area contributed by atoms with Gasteiger partial charge < -0.3 is 14.8 Å². The highest BCUT2D eigenvalue weighted by molar-refractivity contribution is 8.02. The number of aromatic amines is 1. The molecular weight excluding hydrogens is 326 g/mol. The molecule has 0 saturated carbocycles. The quantitative estimate of drug-likeness (QED) is 0.595. The van der Waals surface area contributed by atoms with Crippen molar-refractivity contribution >= 4 is 35.1 Å². The Morgan fingerprint density at radius 1 is 1.17 bits per heavy atom. The van der Waals surface area contributed by atoms with Gasteiger partial charge >= 0.3 is 0 Å². The van der Waals surface area contributed by atoms with Crippen LogP contribution in [0.25, 0.3) is 0 Å². The number of fused-ring (bicyclic) bond motifs is 2. The second kappa shape index (κ2) is 4.70. The second-order valence-electron chi connectivity index (χ2n) is 6.25. The number of H-pyrrole nitrogens is 1. The molecule has 0 saturated heterocycles. The minimum Gasteiger partial charge on any atom is -0.343 e. The maximum Gasteiger partial charge on any atom is 0.270 e. The number of ketones is 1. The van der Waals surface area contributed by atoms with Crippen LogP contribution in [0.2, 0.25) is 0 Å². The molecule has 2 aliphatic heterocycles. The van der Waals surface area contributed by atoms with Gasteiger partial charge in [-0.1, -0.05) is 6.07 Å². The summed E-state index contributed by atoms with van der Waals surface area (Å²) in [6, 6.07) is 5.99. The number of Topliss-reactive ketones (excluding diaryl/α,β-unsaturated/α-hetero) is 1. The van der Waals surface area contributed by atoms with Crippen molar-refractivity contribution in [2.24, 2.45) is 7.05 Å². The zero-order valence-electron chi connectivity index (χ0n) is 12.9. The lowest BCUT2D eigenvalue weighted by atomic mass is 9.82. The first-order valence-electron chi connectivity index (χ1n) is 7.77. The monoisotopic (exact) mass is 341 g/mol. The van der Waals surface area contributed by atoms with Crippen molar-refractivity contribution in [3.8, 4) is 0 Å². The Morgan fingerprint density at radius 2 is 2.00 bits per heavy atom. The van der Waals surface area contributed by atoms with Crippen molar-refractivity contribution in [2.75, 3.05) is 14.8 Å². The van der Waals surface area contributed by atoms with E-state index < -0.39 is 0 Å². The standard InChI is InChI=1S/C16H15N5O2S/c1-21-15-14(16(23)18-21)12(13-9(17-15)4-5-11(13)22)7-2-3-8-10(6-7)20-24-19-8/h2-3,6,12,17,19-20H,4-5H2,1H3,(H,18,23). The Bertz CT molecular complexity index is 987. The van der Waals surface area contributed by atoms with Crippen LogP contribution in [0.5, 0.6) is 0 Å². The van der Waals surface area contributed by atoms with Crippen LogP contribution >= 0.6 is 12.1 Å². The Labute approximate surface area is 141 Å². The third kappa shape index (κ3) is 1.74. The molecule has 3 heterocycles. The van der Waals surface area contributed by atoms with Gasteiger partial charge in [-0.2, -0.15) is 0 Å². The number of anilines is 3. The molecule has 3 aliphatic rings. The third-order valence-electron chi connectivity index (χ3n) is 4.88. The lowest BCUT2D eigenvalue weighted by molar-refractivity contribution is -0.115. The van der Waals surface area contributed by atoms with Gasteiger partial charge in [-0.15, -0.1) is 0 Å². The Kier molecular flexibility index (Phi) is 2.70. The second-order valence-corrected chi connectivity index (χ2v) is 6.86. The summed E-state index contributed by atoms with van der Waals surface area (Å²) in [4.78, 5) is 25.0. The van der Waals surface area contributed by atoms with E-state index in [0.717, 1.165) is 34.0 Å². The van der Waals surface area contributed by atoms with Crippen molar-refractivity contribution < 1.29 is 4.79 Å². The van der Waals surface area contributed by atoms with E-state index in [2.05, 4.69) is 19.9 Å². The van der Waals surface area contributed by atoms with Gasteiger partial charge in [0, 0.05) is 30.7 Å². The first kappa shape index (κ1) is 13.8. The van der Waals surface area contributed by atoms with E-state index >= 15 is 0 Å². The van der Waals surface area contributed by atoms with Crippen LogP contribution in [0.1, 0.15) is 29.9 Å². The van der Waals surface area contributed by atoms with Crippen LogP contribution in [0.4, 0.5) is 17.2 Å². The number of nitrogens with one attached hydrogen (secondary N) is 4. The summed E-state index contributed by atoms with van der Waals surface area (Å²) < 4.78 is 8.05. The van der Waals surface area contributed by atoms with Gasteiger partial charge in [-0.3, -0.25) is 19.4 Å². The summed E-state index contributed by atoms with van der Waals surface area (Å²) in [7, 11) is 1.80.